The maximum atomic E-state index is 12.1. The number of thiazole rings is 1. The number of non-ortho nitro benzene ring substituents is 1. The van der Waals surface area contributed by atoms with Gasteiger partial charge in [0.05, 0.1) is 17.7 Å². The van der Waals surface area contributed by atoms with Gasteiger partial charge >= 0.3 is 11.8 Å². The van der Waals surface area contributed by atoms with E-state index in [9.17, 15) is 19.7 Å². The molecule has 0 saturated heterocycles. The molecule has 2 amide bonds. The summed E-state index contributed by atoms with van der Waals surface area (Å²) >= 11 is 1.46. The highest BCUT2D eigenvalue weighted by Crippen LogP contribution is 2.26. The Kier molecular flexibility index (Phi) is 6.50. The maximum Gasteiger partial charge on any atom is 0.313 e. The number of nitrogens with zero attached hydrogens (tertiary/aromatic N) is 4. The molecule has 12 heteroatoms. The van der Waals surface area contributed by atoms with E-state index in [1.807, 2.05) is 31.2 Å². The number of hydrogen-bond donors (Lipinski definition) is 2. The molecule has 0 aliphatic carbocycles. The molecule has 2 aromatic heterocycles. The van der Waals surface area contributed by atoms with Crippen LogP contribution in [-0.4, -0.2) is 45.0 Å². The van der Waals surface area contributed by atoms with Gasteiger partial charge in [-0.15, -0.1) is 5.10 Å². The molecule has 0 radical (unpaired) electrons. The molecular formula is C22H20N6O5S. The third kappa shape index (κ3) is 4.86. The van der Waals surface area contributed by atoms with Gasteiger partial charge in [0.15, 0.2) is 5.82 Å². The Bertz CT molecular complexity index is 1380. The number of methoxy groups -OCH3 is 1. The molecule has 34 heavy (non-hydrogen) atoms. The van der Waals surface area contributed by atoms with E-state index in [1.54, 1.807) is 11.6 Å². The standard InChI is InChI=1S/C22H20N6O5S/c1-13-18(34-22-25-19(26-27(13)22)14-6-8-17(33-2)9-7-14)10-11-23-20(29)21(30)24-15-4-3-5-16(12-15)28(31)32/h3-9,12H,10-11H2,1-2H3,(H,23,29)(H,24,30). The summed E-state index contributed by atoms with van der Waals surface area (Å²) in [5.74, 6) is -0.367. The molecule has 0 fully saturated rings. The zero-order chi connectivity index (χ0) is 24.2. The Morgan fingerprint density at radius 2 is 1.94 bits per heavy atom. The van der Waals surface area contributed by atoms with E-state index in [4.69, 9.17) is 4.74 Å². The lowest BCUT2D eigenvalue weighted by atomic mass is 10.2. The minimum Gasteiger partial charge on any atom is -0.497 e. The van der Waals surface area contributed by atoms with Crippen LogP contribution in [0, 0.1) is 17.0 Å². The predicted molar refractivity (Wildman–Crippen MR) is 126 cm³/mol. The number of carbonyl (C=O) groups is 2. The number of carbonyl (C=O) groups excluding carboxylic acids is 2. The van der Waals surface area contributed by atoms with E-state index in [2.05, 4.69) is 20.7 Å². The molecule has 0 saturated carbocycles. The number of nitro benzene ring substituents is 1. The summed E-state index contributed by atoms with van der Waals surface area (Å²) in [6.45, 7) is 2.15. The second kappa shape index (κ2) is 9.67. The Morgan fingerprint density at radius 1 is 1.18 bits per heavy atom. The van der Waals surface area contributed by atoms with Gasteiger partial charge in [-0.05, 0) is 37.3 Å². The van der Waals surface area contributed by atoms with Gasteiger partial charge in [-0.3, -0.25) is 19.7 Å². The van der Waals surface area contributed by atoms with Crippen molar-refractivity contribution in [2.24, 2.45) is 0 Å². The van der Waals surface area contributed by atoms with Gasteiger partial charge in [0.2, 0.25) is 4.96 Å². The number of fused-ring (bicyclic) bond motifs is 1. The van der Waals surface area contributed by atoms with Gasteiger partial charge in [0, 0.05) is 41.2 Å². The fraction of sp³-hybridized carbons (Fsp3) is 0.182. The van der Waals surface area contributed by atoms with Gasteiger partial charge in [0.25, 0.3) is 5.69 Å². The first-order chi connectivity index (χ1) is 16.4. The van der Waals surface area contributed by atoms with Crippen LogP contribution in [0.5, 0.6) is 5.75 Å². The van der Waals surface area contributed by atoms with Gasteiger partial charge in [-0.1, -0.05) is 17.4 Å². The van der Waals surface area contributed by atoms with Gasteiger partial charge in [-0.25, -0.2) is 4.52 Å². The Morgan fingerprint density at radius 3 is 2.62 bits per heavy atom. The maximum absolute atomic E-state index is 12.1. The van der Waals surface area contributed by atoms with Gasteiger partial charge < -0.3 is 15.4 Å². The van der Waals surface area contributed by atoms with Crippen molar-refractivity contribution in [2.75, 3.05) is 19.0 Å². The first-order valence-corrected chi connectivity index (χ1v) is 11.0. The molecule has 2 aromatic carbocycles. The van der Waals surface area contributed by atoms with Crippen molar-refractivity contribution < 1.29 is 19.2 Å². The third-order valence-electron chi connectivity index (χ3n) is 5.02. The minimum atomic E-state index is -0.899. The summed E-state index contributed by atoms with van der Waals surface area (Å²) in [5, 5.41) is 20.3. The Balaban J connectivity index is 1.35. The number of nitrogens with one attached hydrogen (secondary N) is 2. The summed E-state index contributed by atoms with van der Waals surface area (Å²) in [7, 11) is 1.61. The molecule has 2 N–H and O–H groups in total. The lowest BCUT2D eigenvalue weighted by Crippen LogP contribution is -2.36. The van der Waals surface area contributed by atoms with Crippen molar-refractivity contribution in [1.82, 2.24) is 19.9 Å². The van der Waals surface area contributed by atoms with Crippen molar-refractivity contribution in [3.63, 3.8) is 0 Å². The minimum absolute atomic E-state index is 0.170. The molecule has 0 unspecified atom stereocenters. The topological polar surface area (TPSA) is 141 Å². The highest BCUT2D eigenvalue weighted by atomic mass is 32.1. The van der Waals surface area contributed by atoms with E-state index in [1.165, 1.54) is 35.6 Å². The van der Waals surface area contributed by atoms with Crippen LogP contribution < -0.4 is 15.4 Å². The van der Waals surface area contributed by atoms with Crippen molar-refractivity contribution in [3.8, 4) is 17.1 Å². The van der Waals surface area contributed by atoms with Crippen molar-refractivity contribution in [2.45, 2.75) is 13.3 Å². The molecule has 0 spiro atoms. The first kappa shape index (κ1) is 22.9. The highest BCUT2D eigenvalue weighted by molar-refractivity contribution is 7.17. The van der Waals surface area contributed by atoms with E-state index in [-0.39, 0.29) is 17.9 Å². The lowest BCUT2D eigenvalue weighted by molar-refractivity contribution is -0.384. The number of benzene rings is 2. The quantitative estimate of drug-likeness (QED) is 0.235. The number of rotatable bonds is 7. The number of ether oxygens (including phenoxy) is 1. The summed E-state index contributed by atoms with van der Waals surface area (Å²) in [6, 6.07) is 12.9. The molecule has 0 aliphatic rings. The summed E-state index contributed by atoms with van der Waals surface area (Å²) in [5.41, 5.74) is 1.77. The lowest BCUT2D eigenvalue weighted by Gasteiger charge is -2.06. The second-order valence-corrected chi connectivity index (χ2v) is 8.30. The molecule has 11 nitrogen and oxygen atoms in total. The molecule has 4 aromatic rings. The van der Waals surface area contributed by atoms with Crippen LogP contribution in [0.2, 0.25) is 0 Å². The molecule has 0 atom stereocenters. The van der Waals surface area contributed by atoms with Crippen molar-refractivity contribution in [1.29, 1.82) is 0 Å². The number of nitro groups is 1. The largest absolute Gasteiger partial charge is 0.497 e. The van der Waals surface area contributed by atoms with Crippen molar-refractivity contribution in [3.05, 3.63) is 69.2 Å². The molecule has 0 bridgehead atoms. The molecule has 0 aliphatic heterocycles. The van der Waals surface area contributed by atoms with Crippen LogP contribution in [0.15, 0.2) is 48.5 Å². The van der Waals surface area contributed by atoms with Crippen LogP contribution in [0.3, 0.4) is 0 Å². The Hall–Kier alpha value is -4.32. The fourth-order valence-corrected chi connectivity index (χ4v) is 4.29. The summed E-state index contributed by atoms with van der Waals surface area (Å²) < 4.78 is 6.93. The average Bonchev–Trinajstić information content (AvgIpc) is 3.38. The number of amides is 2. The van der Waals surface area contributed by atoms with Crippen molar-refractivity contribution >= 4 is 39.5 Å². The second-order valence-electron chi connectivity index (χ2n) is 7.24. The van der Waals surface area contributed by atoms with Crippen LogP contribution in [0.1, 0.15) is 10.6 Å². The van der Waals surface area contributed by atoms with E-state index >= 15 is 0 Å². The average molecular weight is 481 g/mol. The fourth-order valence-electron chi connectivity index (χ4n) is 3.23. The first-order valence-electron chi connectivity index (χ1n) is 10.2. The van der Waals surface area contributed by atoms with E-state index in [0.29, 0.717) is 12.2 Å². The summed E-state index contributed by atoms with van der Waals surface area (Å²) in [4.78, 5) is 40.8. The predicted octanol–water partition coefficient (Wildman–Crippen LogP) is 2.98. The number of anilines is 1. The number of aromatic nitrogens is 3. The van der Waals surface area contributed by atoms with E-state index in [0.717, 1.165) is 26.8 Å². The SMILES string of the molecule is COc1ccc(-c2nc3sc(CCNC(=O)C(=O)Nc4cccc([N+](=O)[O-])c4)c(C)n3n2)cc1. The normalized spacial score (nSPS) is 10.8. The smallest absolute Gasteiger partial charge is 0.313 e. The molecule has 2 heterocycles. The summed E-state index contributed by atoms with van der Waals surface area (Å²) in [6.07, 6.45) is 0.495. The van der Waals surface area contributed by atoms with Crippen LogP contribution >= 0.6 is 11.3 Å². The number of aryl methyl sites for hydroxylation is 1. The number of hydrogen-bond acceptors (Lipinski definition) is 8. The molecular weight excluding hydrogens is 460 g/mol. The molecule has 4 rings (SSSR count). The van der Waals surface area contributed by atoms with Crippen LogP contribution in [0.25, 0.3) is 16.3 Å². The monoisotopic (exact) mass is 480 g/mol. The van der Waals surface area contributed by atoms with Gasteiger partial charge in [0.1, 0.15) is 5.75 Å². The third-order valence-corrected chi connectivity index (χ3v) is 6.21. The van der Waals surface area contributed by atoms with Crippen LogP contribution in [0.4, 0.5) is 11.4 Å². The van der Waals surface area contributed by atoms with E-state index < -0.39 is 16.7 Å². The Labute approximate surface area is 197 Å². The van der Waals surface area contributed by atoms with Crippen LogP contribution in [-0.2, 0) is 16.0 Å². The molecule has 174 valence electrons. The highest BCUT2D eigenvalue weighted by Gasteiger charge is 2.17. The zero-order valence-corrected chi connectivity index (χ0v) is 19.1. The zero-order valence-electron chi connectivity index (χ0n) is 18.3. The van der Waals surface area contributed by atoms with Gasteiger partial charge in [-0.2, -0.15) is 4.98 Å².